The van der Waals surface area contributed by atoms with Gasteiger partial charge in [-0.2, -0.15) is 0 Å². The van der Waals surface area contributed by atoms with Crippen LogP contribution in [0.3, 0.4) is 0 Å². The Hall–Kier alpha value is -1.32. The zero-order chi connectivity index (χ0) is 7.56. The van der Waals surface area contributed by atoms with E-state index in [0.717, 1.165) is 0 Å². The normalized spacial score (nSPS) is 9.40. The van der Waals surface area contributed by atoms with E-state index in [0.29, 0.717) is 5.82 Å². The highest BCUT2D eigenvalue weighted by molar-refractivity contribution is 5.89. The highest BCUT2D eigenvalue weighted by Crippen LogP contribution is 2.04. The fraction of sp³-hybridized carbons (Fsp3) is 0.333. The number of aromatic amines is 1. The lowest BCUT2D eigenvalue weighted by atomic mass is 10.5. The highest BCUT2D eigenvalue weighted by atomic mass is 16.2. The minimum atomic E-state index is -0.00995. The van der Waals surface area contributed by atoms with Crippen molar-refractivity contribution in [2.75, 3.05) is 11.9 Å². The van der Waals surface area contributed by atoms with E-state index in [1.165, 1.54) is 18.2 Å². The lowest BCUT2D eigenvalue weighted by Gasteiger charge is -2.10. The van der Waals surface area contributed by atoms with Crippen LogP contribution in [0.4, 0.5) is 5.82 Å². The summed E-state index contributed by atoms with van der Waals surface area (Å²) in [6.45, 7) is 1.50. The Morgan fingerprint density at radius 3 is 2.90 bits per heavy atom. The van der Waals surface area contributed by atoms with E-state index >= 15 is 0 Å². The fourth-order valence-corrected chi connectivity index (χ4v) is 0.602. The van der Waals surface area contributed by atoms with Crippen LogP contribution in [-0.2, 0) is 4.79 Å². The molecule has 0 aliphatic heterocycles. The Morgan fingerprint density at radius 1 is 1.80 bits per heavy atom. The molecule has 10 heavy (non-hydrogen) atoms. The van der Waals surface area contributed by atoms with Gasteiger partial charge < -0.3 is 9.88 Å². The van der Waals surface area contributed by atoms with Gasteiger partial charge in [0, 0.05) is 14.0 Å². The number of carbonyl (C=O) groups is 1. The maximum atomic E-state index is 10.7. The van der Waals surface area contributed by atoms with Crippen LogP contribution in [0, 0.1) is 0 Å². The second-order valence-corrected chi connectivity index (χ2v) is 2.01. The van der Waals surface area contributed by atoms with Crippen LogP contribution in [0.2, 0.25) is 0 Å². The third-order valence-electron chi connectivity index (χ3n) is 1.32. The van der Waals surface area contributed by atoms with E-state index in [4.69, 9.17) is 0 Å². The molecular weight excluding hydrogens is 130 g/mol. The molecule has 1 amide bonds. The summed E-state index contributed by atoms with van der Waals surface area (Å²) in [6, 6.07) is 0. The summed E-state index contributed by atoms with van der Waals surface area (Å²) in [7, 11) is 1.69. The summed E-state index contributed by atoms with van der Waals surface area (Å²) < 4.78 is 0. The SMILES string of the molecule is CC(=O)N(C)c1cnc[nH]1. The molecule has 1 N–H and O–H groups in total. The van der Waals surface area contributed by atoms with E-state index < -0.39 is 0 Å². The number of aromatic nitrogens is 2. The zero-order valence-corrected chi connectivity index (χ0v) is 5.96. The Morgan fingerprint density at radius 2 is 2.50 bits per heavy atom. The highest BCUT2D eigenvalue weighted by Gasteiger charge is 2.04. The van der Waals surface area contributed by atoms with Gasteiger partial charge in [0.15, 0.2) is 0 Å². The third kappa shape index (κ3) is 1.15. The summed E-state index contributed by atoms with van der Waals surface area (Å²) >= 11 is 0. The van der Waals surface area contributed by atoms with E-state index in [9.17, 15) is 4.79 Å². The Kier molecular flexibility index (Phi) is 1.71. The average Bonchev–Trinajstić information content (AvgIpc) is 2.36. The molecule has 0 atom stereocenters. The molecule has 0 bridgehead atoms. The molecule has 1 heterocycles. The number of amides is 1. The second kappa shape index (κ2) is 2.51. The minimum absolute atomic E-state index is 0.00995. The number of carbonyl (C=O) groups excluding carboxylic acids is 1. The molecule has 1 aromatic heterocycles. The van der Waals surface area contributed by atoms with Gasteiger partial charge in [-0.15, -0.1) is 0 Å². The Bertz CT molecular complexity index is 217. The number of H-pyrrole nitrogens is 1. The molecule has 0 spiro atoms. The van der Waals surface area contributed by atoms with Gasteiger partial charge in [-0.25, -0.2) is 4.98 Å². The number of rotatable bonds is 1. The number of nitrogens with zero attached hydrogens (tertiary/aromatic N) is 2. The first-order valence-electron chi connectivity index (χ1n) is 2.94. The van der Waals surface area contributed by atoms with Gasteiger partial charge in [-0.1, -0.05) is 0 Å². The quantitative estimate of drug-likeness (QED) is 0.612. The number of nitrogens with one attached hydrogen (secondary N) is 1. The van der Waals surface area contributed by atoms with Crippen LogP contribution in [0.5, 0.6) is 0 Å². The van der Waals surface area contributed by atoms with Gasteiger partial charge in [0.1, 0.15) is 5.82 Å². The largest absolute Gasteiger partial charge is 0.331 e. The van der Waals surface area contributed by atoms with Crippen LogP contribution >= 0.6 is 0 Å². The molecule has 1 rings (SSSR count). The van der Waals surface area contributed by atoms with Crippen LogP contribution in [0.25, 0.3) is 0 Å². The number of imidazole rings is 1. The number of hydrogen-bond donors (Lipinski definition) is 1. The van der Waals surface area contributed by atoms with Gasteiger partial charge in [0.2, 0.25) is 5.91 Å². The van der Waals surface area contributed by atoms with Crippen molar-refractivity contribution in [1.29, 1.82) is 0 Å². The maximum absolute atomic E-state index is 10.7. The zero-order valence-electron chi connectivity index (χ0n) is 5.96. The van der Waals surface area contributed by atoms with Crippen molar-refractivity contribution in [3.05, 3.63) is 12.5 Å². The van der Waals surface area contributed by atoms with E-state index in [1.54, 1.807) is 13.2 Å². The second-order valence-electron chi connectivity index (χ2n) is 2.01. The molecule has 0 aliphatic rings. The molecule has 4 nitrogen and oxygen atoms in total. The summed E-state index contributed by atoms with van der Waals surface area (Å²) in [6.07, 6.45) is 3.14. The van der Waals surface area contributed by atoms with Crippen LogP contribution in [0.1, 0.15) is 6.92 Å². The standard InChI is InChI=1S/C6H9N3O/c1-5(10)9(2)6-3-7-4-8-6/h3-4H,1-2H3,(H,7,8). The topological polar surface area (TPSA) is 49.0 Å². The summed E-state index contributed by atoms with van der Waals surface area (Å²) in [5.41, 5.74) is 0. The van der Waals surface area contributed by atoms with Gasteiger partial charge in [0.25, 0.3) is 0 Å². The molecule has 0 fully saturated rings. The molecule has 54 valence electrons. The maximum Gasteiger partial charge on any atom is 0.224 e. The molecule has 0 saturated heterocycles. The molecule has 0 radical (unpaired) electrons. The summed E-state index contributed by atoms with van der Waals surface area (Å²) in [5, 5.41) is 0. The fourth-order valence-electron chi connectivity index (χ4n) is 0.602. The molecule has 1 aromatic rings. The molecule has 0 unspecified atom stereocenters. The molecule has 0 saturated carbocycles. The minimum Gasteiger partial charge on any atom is -0.331 e. The molecule has 0 aromatic carbocycles. The lowest BCUT2D eigenvalue weighted by molar-refractivity contribution is -0.116. The smallest absolute Gasteiger partial charge is 0.224 e. The van der Waals surface area contributed by atoms with Gasteiger partial charge in [0.05, 0.1) is 12.5 Å². The van der Waals surface area contributed by atoms with Crippen LogP contribution in [-0.4, -0.2) is 22.9 Å². The van der Waals surface area contributed by atoms with Crippen molar-refractivity contribution in [3.8, 4) is 0 Å². The van der Waals surface area contributed by atoms with Crippen molar-refractivity contribution < 1.29 is 4.79 Å². The third-order valence-corrected chi connectivity index (χ3v) is 1.32. The predicted octanol–water partition coefficient (Wildman–Crippen LogP) is 0.392. The van der Waals surface area contributed by atoms with E-state index in [1.807, 2.05) is 0 Å². The van der Waals surface area contributed by atoms with E-state index in [2.05, 4.69) is 9.97 Å². The van der Waals surface area contributed by atoms with Crippen LogP contribution in [0.15, 0.2) is 12.5 Å². The number of hydrogen-bond acceptors (Lipinski definition) is 2. The monoisotopic (exact) mass is 139 g/mol. The van der Waals surface area contributed by atoms with Gasteiger partial charge >= 0.3 is 0 Å². The van der Waals surface area contributed by atoms with Crippen molar-refractivity contribution in [2.45, 2.75) is 6.92 Å². The van der Waals surface area contributed by atoms with Gasteiger partial charge in [-0.3, -0.25) is 4.79 Å². The van der Waals surface area contributed by atoms with Crippen molar-refractivity contribution in [2.24, 2.45) is 0 Å². The summed E-state index contributed by atoms with van der Waals surface area (Å²) in [4.78, 5) is 18.8. The summed E-state index contributed by atoms with van der Waals surface area (Å²) in [5.74, 6) is 0.705. The van der Waals surface area contributed by atoms with E-state index in [-0.39, 0.29) is 5.91 Å². The first-order valence-corrected chi connectivity index (χ1v) is 2.94. The molecule has 4 heteroatoms. The van der Waals surface area contributed by atoms with Crippen LogP contribution < -0.4 is 4.90 Å². The van der Waals surface area contributed by atoms with Crippen molar-refractivity contribution >= 4 is 11.7 Å². The molecule has 0 aliphatic carbocycles. The first-order chi connectivity index (χ1) is 4.72. The molecular formula is C6H9N3O. The van der Waals surface area contributed by atoms with Crippen molar-refractivity contribution in [3.63, 3.8) is 0 Å². The predicted molar refractivity (Wildman–Crippen MR) is 37.7 cm³/mol. The number of anilines is 1. The average molecular weight is 139 g/mol. The first kappa shape index (κ1) is 6.80. The Balaban J connectivity index is 2.77. The van der Waals surface area contributed by atoms with Crippen molar-refractivity contribution in [1.82, 2.24) is 9.97 Å². The Labute approximate surface area is 58.9 Å². The lowest BCUT2D eigenvalue weighted by Crippen LogP contribution is -2.22. The van der Waals surface area contributed by atoms with Gasteiger partial charge in [-0.05, 0) is 0 Å².